The van der Waals surface area contributed by atoms with Crippen molar-refractivity contribution in [3.8, 4) is 113 Å². The first-order valence-electron chi connectivity index (χ1n) is 21.8. The maximum atomic E-state index is 5.09. The Morgan fingerprint density at radius 2 is 0.561 bits per heavy atom. The van der Waals surface area contributed by atoms with Crippen LogP contribution < -0.4 is 0 Å². The second-order valence-corrected chi connectivity index (χ2v) is 15.8. The Morgan fingerprint density at radius 1 is 0.197 bits per heavy atom. The highest BCUT2D eigenvalue weighted by molar-refractivity contribution is 5.79. The molecule has 0 aliphatic carbocycles. The van der Waals surface area contributed by atoms with Gasteiger partial charge in [-0.25, -0.2) is 24.9 Å². The highest BCUT2D eigenvalue weighted by atomic mass is 14.9. The number of hydrogen-bond acceptors (Lipinski definition) is 7. The van der Waals surface area contributed by atoms with E-state index in [2.05, 4.69) is 132 Å². The third kappa shape index (κ3) is 8.52. The van der Waals surface area contributed by atoms with Crippen LogP contribution in [0.1, 0.15) is 0 Å². The summed E-state index contributed by atoms with van der Waals surface area (Å²) in [6.45, 7) is 0. The summed E-state index contributed by atoms with van der Waals surface area (Å²) in [4.78, 5) is 34.8. The van der Waals surface area contributed by atoms with Crippen LogP contribution in [0, 0.1) is 0 Å². The number of hydrogen-bond donors (Lipinski definition) is 0. The van der Waals surface area contributed by atoms with Gasteiger partial charge in [0.05, 0.1) is 45.6 Å². The van der Waals surface area contributed by atoms with Crippen molar-refractivity contribution in [2.45, 2.75) is 0 Å². The van der Waals surface area contributed by atoms with Crippen molar-refractivity contribution in [3.05, 3.63) is 237 Å². The molecule has 0 aliphatic rings. The van der Waals surface area contributed by atoms with E-state index in [0.29, 0.717) is 11.6 Å². The lowest BCUT2D eigenvalue weighted by Gasteiger charge is -2.12. The quantitative estimate of drug-likeness (QED) is 0.135. The van der Waals surface area contributed by atoms with Gasteiger partial charge in [0.15, 0.2) is 11.6 Å². The molecule has 0 radical (unpaired) electrons. The van der Waals surface area contributed by atoms with Gasteiger partial charge in [-0.1, -0.05) is 182 Å². The van der Waals surface area contributed by atoms with Gasteiger partial charge in [0.25, 0.3) is 0 Å². The van der Waals surface area contributed by atoms with Crippen molar-refractivity contribution in [2.75, 3.05) is 0 Å². The molecule has 0 N–H and O–H groups in total. The average Bonchev–Trinajstić information content (AvgIpc) is 3.42. The summed E-state index contributed by atoms with van der Waals surface area (Å²) in [6, 6.07) is 75.9. The lowest BCUT2D eigenvalue weighted by molar-refractivity contribution is 1.18. The predicted molar refractivity (Wildman–Crippen MR) is 265 cm³/mol. The van der Waals surface area contributed by atoms with Crippen LogP contribution in [0.15, 0.2) is 237 Å². The van der Waals surface area contributed by atoms with E-state index in [1.807, 2.05) is 103 Å². The van der Waals surface area contributed by atoms with Crippen LogP contribution in [0.3, 0.4) is 0 Å². The Balaban J connectivity index is 0.899. The molecule has 5 heterocycles. The molecule has 6 aromatic carbocycles. The van der Waals surface area contributed by atoms with E-state index in [1.54, 1.807) is 6.20 Å². The van der Waals surface area contributed by atoms with Gasteiger partial charge in [-0.05, 0) is 59.2 Å². The summed E-state index contributed by atoms with van der Waals surface area (Å²) in [5.74, 6) is 1.33. The van der Waals surface area contributed by atoms with Crippen molar-refractivity contribution in [2.24, 2.45) is 0 Å². The molecular weight excluding hydrogens is 807 g/mol. The van der Waals surface area contributed by atoms with Gasteiger partial charge in [-0.2, -0.15) is 0 Å². The fourth-order valence-corrected chi connectivity index (χ4v) is 7.99. The molecule has 5 aromatic heterocycles. The van der Waals surface area contributed by atoms with Crippen LogP contribution in [-0.4, -0.2) is 34.9 Å². The largest absolute Gasteiger partial charge is 0.255 e. The highest BCUT2D eigenvalue weighted by Crippen LogP contribution is 2.34. The van der Waals surface area contributed by atoms with Gasteiger partial charge < -0.3 is 0 Å². The molecular formula is C59H39N7. The van der Waals surface area contributed by atoms with Gasteiger partial charge in [-0.3, -0.25) is 9.97 Å². The SMILES string of the molecule is c1ccc(-c2cc(-c3ccccc3)nc(-c3ccc(-c4ccc(-c5cc(-c6ccc(-c7nc(-c8ccccc8)cc(-c8ccccc8)n7)cc6)cc(-c6ccccn6)n5)nc4)cc3)n2)cc1. The van der Waals surface area contributed by atoms with Crippen LogP contribution >= 0.6 is 0 Å². The normalized spacial score (nSPS) is 11.0. The first-order valence-corrected chi connectivity index (χ1v) is 21.8. The zero-order valence-corrected chi connectivity index (χ0v) is 35.6. The minimum Gasteiger partial charge on any atom is -0.255 e. The molecule has 0 saturated carbocycles. The summed E-state index contributed by atoms with van der Waals surface area (Å²) in [6.07, 6.45) is 3.69. The molecule has 0 aliphatic heterocycles. The van der Waals surface area contributed by atoms with Crippen molar-refractivity contribution in [1.29, 1.82) is 0 Å². The molecule has 66 heavy (non-hydrogen) atoms. The second kappa shape index (κ2) is 18.0. The summed E-state index contributed by atoms with van der Waals surface area (Å²) >= 11 is 0. The summed E-state index contributed by atoms with van der Waals surface area (Å²) in [7, 11) is 0. The van der Waals surface area contributed by atoms with Gasteiger partial charge in [0, 0.05) is 51.3 Å². The van der Waals surface area contributed by atoms with Crippen LogP contribution in [-0.2, 0) is 0 Å². The lowest BCUT2D eigenvalue weighted by Crippen LogP contribution is -1.96. The topological polar surface area (TPSA) is 90.2 Å². The Hall–Kier alpha value is -9.07. The zero-order valence-electron chi connectivity index (χ0n) is 35.6. The summed E-state index contributed by atoms with van der Waals surface area (Å²) < 4.78 is 0. The van der Waals surface area contributed by atoms with Crippen LogP contribution in [0.25, 0.3) is 113 Å². The predicted octanol–water partition coefficient (Wildman–Crippen LogP) is 14.1. The van der Waals surface area contributed by atoms with E-state index < -0.39 is 0 Å². The standard InChI is InChI=1S/C59H39N7/c1-5-15-42(16-6-1)52-37-53(43-17-7-2-8-18-43)64-58(63-52)46-28-24-40(25-29-46)48-32-33-51(61-39-48)57-36-49(35-56(62-57)50-23-13-14-34-60-50)41-26-30-47(31-27-41)59-65-54(44-19-9-3-10-20-44)38-55(66-59)45-21-11-4-12-22-45/h1-39H. The monoisotopic (exact) mass is 845 g/mol. The highest BCUT2D eigenvalue weighted by Gasteiger charge is 2.15. The van der Waals surface area contributed by atoms with Crippen LogP contribution in [0.5, 0.6) is 0 Å². The van der Waals surface area contributed by atoms with E-state index in [4.69, 9.17) is 29.9 Å². The molecule has 0 atom stereocenters. The van der Waals surface area contributed by atoms with Crippen LogP contribution in [0.4, 0.5) is 0 Å². The number of aromatic nitrogens is 7. The van der Waals surface area contributed by atoms with Gasteiger partial charge in [0.1, 0.15) is 0 Å². The molecule has 310 valence electrons. The van der Waals surface area contributed by atoms with E-state index in [-0.39, 0.29) is 0 Å². The van der Waals surface area contributed by atoms with Gasteiger partial charge >= 0.3 is 0 Å². The second-order valence-electron chi connectivity index (χ2n) is 15.8. The Labute approximate surface area is 383 Å². The Kier molecular flexibility index (Phi) is 10.8. The first kappa shape index (κ1) is 39.8. The van der Waals surface area contributed by atoms with E-state index >= 15 is 0 Å². The lowest BCUT2D eigenvalue weighted by atomic mass is 10.0. The molecule has 0 bridgehead atoms. The summed E-state index contributed by atoms with van der Waals surface area (Å²) in [5, 5.41) is 0. The molecule has 0 saturated heterocycles. The molecule has 0 amide bonds. The number of nitrogens with zero attached hydrogens (tertiary/aromatic N) is 7. The van der Waals surface area contributed by atoms with E-state index in [0.717, 1.165) is 101 Å². The minimum absolute atomic E-state index is 0.660. The van der Waals surface area contributed by atoms with Crippen molar-refractivity contribution < 1.29 is 0 Å². The number of rotatable bonds is 10. The third-order valence-electron chi connectivity index (χ3n) is 11.5. The Morgan fingerprint density at radius 3 is 0.939 bits per heavy atom. The van der Waals surface area contributed by atoms with Crippen molar-refractivity contribution in [3.63, 3.8) is 0 Å². The molecule has 0 spiro atoms. The molecule has 0 fully saturated rings. The first-order chi connectivity index (χ1) is 32.7. The fourth-order valence-electron chi connectivity index (χ4n) is 7.99. The Bertz CT molecular complexity index is 3290. The molecule has 11 aromatic rings. The van der Waals surface area contributed by atoms with E-state index in [9.17, 15) is 0 Å². The summed E-state index contributed by atoms with van der Waals surface area (Å²) in [5.41, 5.74) is 16.6. The maximum Gasteiger partial charge on any atom is 0.160 e. The third-order valence-corrected chi connectivity index (χ3v) is 11.5. The average molecular weight is 846 g/mol. The zero-order chi connectivity index (χ0) is 44.1. The minimum atomic E-state index is 0.660. The number of benzene rings is 6. The molecule has 7 heteroatoms. The van der Waals surface area contributed by atoms with Crippen molar-refractivity contribution in [1.82, 2.24) is 34.9 Å². The maximum absolute atomic E-state index is 5.09. The van der Waals surface area contributed by atoms with Crippen molar-refractivity contribution >= 4 is 0 Å². The smallest absolute Gasteiger partial charge is 0.160 e. The van der Waals surface area contributed by atoms with Gasteiger partial charge in [-0.15, -0.1) is 0 Å². The molecule has 11 rings (SSSR count). The van der Waals surface area contributed by atoms with Crippen LogP contribution in [0.2, 0.25) is 0 Å². The van der Waals surface area contributed by atoms with E-state index in [1.165, 1.54) is 0 Å². The molecule has 0 unspecified atom stereocenters. The number of pyridine rings is 3. The van der Waals surface area contributed by atoms with Gasteiger partial charge in [0.2, 0.25) is 0 Å². The fraction of sp³-hybridized carbons (Fsp3) is 0. The molecule has 7 nitrogen and oxygen atoms in total.